The predicted molar refractivity (Wildman–Crippen MR) is 192 cm³/mol. The molecule has 0 unspecified atom stereocenters. The number of aromatic nitrogens is 1. The van der Waals surface area contributed by atoms with Crippen LogP contribution in [-0.4, -0.2) is 50.0 Å². The summed E-state index contributed by atoms with van der Waals surface area (Å²) in [6.45, 7) is 8.04. The van der Waals surface area contributed by atoms with Gasteiger partial charge in [-0.25, -0.2) is 14.6 Å². The molecule has 1 aliphatic heterocycles. The number of benzene rings is 3. The summed E-state index contributed by atoms with van der Waals surface area (Å²) in [4.78, 5) is 44.4. The molecular formula is C37H37BrN2O9S. The van der Waals surface area contributed by atoms with Gasteiger partial charge in [0.2, 0.25) is 0 Å². The molecule has 11 nitrogen and oxygen atoms in total. The monoisotopic (exact) mass is 764 g/mol. The van der Waals surface area contributed by atoms with Crippen molar-refractivity contribution in [2.45, 2.75) is 40.3 Å². The number of thiazole rings is 1. The average Bonchev–Trinajstić information content (AvgIpc) is 3.41. The summed E-state index contributed by atoms with van der Waals surface area (Å²) < 4.78 is 36.5. The van der Waals surface area contributed by atoms with Crippen LogP contribution in [0.25, 0.3) is 6.08 Å². The zero-order valence-electron chi connectivity index (χ0n) is 28.3. The van der Waals surface area contributed by atoms with Gasteiger partial charge in [0.1, 0.15) is 6.61 Å². The van der Waals surface area contributed by atoms with Crippen molar-refractivity contribution in [3.05, 3.63) is 113 Å². The molecule has 0 saturated carbocycles. The van der Waals surface area contributed by atoms with Gasteiger partial charge >= 0.3 is 11.9 Å². The van der Waals surface area contributed by atoms with E-state index < -0.39 is 18.0 Å². The van der Waals surface area contributed by atoms with Gasteiger partial charge < -0.3 is 28.4 Å². The summed E-state index contributed by atoms with van der Waals surface area (Å²) >= 11 is 4.66. The van der Waals surface area contributed by atoms with Crippen molar-refractivity contribution in [3.63, 3.8) is 0 Å². The van der Waals surface area contributed by atoms with Crippen LogP contribution >= 0.6 is 27.3 Å². The smallest absolute Gasteiger partial charge is 0.343 e. The second-order valence-corrected chi connectivity index (χ2v) is 12.8. The maximum absolute atomic E-state index is 14.2. The Labute approximate surface area is 301 Å². The summed E-state index contributed by atoms with van der Waals surface area (Å²) in [6.07, 6.45) is 1.76. The predicted octanol–water partition coefficient (Wildman–Crippen LogP) is 5.49. The Hall–Kier alpha value is -4.88. The van der Waals surface area contributed by atoms with Crippen molar-refractivity contribution in [1.29, 1.82) is 0 Å². The van der Waals surface area contributed by atoms with Crippen LogP contribution in [0.2, 0.25) is 0 Å². The minimum atomic E-state index is -0.880. The number of halogens is 1. The van der Waals surface area contributed by atoms with E-state index in [0.717, 1.165) is 15.6 Å². The van der Waals surface area contributed by atoms with E-state index in [9.17, 15) is 14.4 Å². The molecule has 0 saturated heterocycles. The van der Waals surface area contributed by atoms with Gasteiger partial charge in [-0.2, -0.15) is 0 Å². The van der Waals surface area contributed by atoms with E-state index in [2.05, 4.69) is 20.9 Å². The Balaban J connectivity index is 1.56. The molecule has 0 spiro atoms. The molecule has 1 aromatic heterocycles. The van der Waals surface area contributed by atoms with Crippen molar-refractivity contribution in [2.75, 3.05) is 33.5 Å². The molecule has 1 aliphatic rings. The van der Waals surface area contributed by atoms with Crippen LogP contribution in [0.4, 0.5) is 0 Å². The largest absolute Gasteiger partial charge is 0.490 e. The van der Waals surface area contributed by atoms with E-state index in [1.165, 1.54) is 23.0 Å². The Morgan fingerprint density at radius 2 is 1.56 bits per heavy atom. The third kappa shape index (κ3) is 8.28. The van der Waals surface area contributed by atoms with Gasteiger partial charge in [-0.1, -0.05) is 51.5 Å². The van der Waals surface area contributed by atoms with Gasteiger partial charge in [-0.05, 0) is 86.9 Å². The zero-order valence-corrected chi connectivity index (χ0v) is 30.7. The van der Waals surface area contributed by atoms with Gasteiger partial charge in [-0.3, -0.25) is 9.36 Å². The zero-order chi connectivity index (χ0) is 35.8. The van der Waals surface area contributed by atoms with Gasteiger partial charge in [0, 0.05) is 4.47 Å². The molecule has 50 heavy (non-hydrogen) atoms. The fraction of sp³-hybridized carbons (Fsp3) is 0.297. The summed E-state index contributed by atoms with van der Waals surface area (Å²) in [6, 6.07) is 17.5. The highest BCUT2D eigenvalue weighted by atomic mass is 79.9. The van der Waals surface area contributed by atoms with Crippen LogP contribution < -0.4 is 33.8 Å². The van der Waals surface area contributed by atoms with E-state index in [1.807, 2.05) is 56.3 Å². The molecule has 0 amide bonds. The molecule has 0 fully saturated rings. The number of esters is 2. The molecule has 13 heteroatoms. The second-order valence-electron chi connectivity index (χ2n) is 10.9. The van der Waals surface area contributed by atoms with E-state index in [0.29, 0.717) is 63.4 Å². The van der Waals surface area contributed by atoms with Crippen LogP contribution in [0.15, 0.2) is 86.2 Å². The Morgan fingerprint density at radius 1 is 0.880 bits per heavy atom. The molecule has 2 heterocycles. The first-order valence-electron chi connectivity index (χ1n) is 16.0. The maximum Gasteiger partial charge on any atom is 0.343 e. The molecule has 0 bridgehead atoms. The first-order chi connectivity index (χ1) is 24.2. The number of methoxy groups -OCH3 is 1. The van der Waals surface area contributed by atoms with Gasteiger partial charge in [0.15, 0.2) is 34.4 Å². The molecule has 0 radical (unpaired) electrons. The van der Waals surface area contributed by atoms with E-state index in [4.69, 9.17) is 28.4 Å². The average molecular weight is 766 g/mol. The number of fused-ring (bicyclic) bond motifs is 1. The summed E-state index contributed by atoms with van der Waals surface area (Å²) in [5.41, 5.74) is 2.60. The lowest BCUT2D eigenvalue weighted by Gasteiger charge is -2.25. The second kappa shape index (κ2) is 16.7. The number of allylic oxidation sites excluding steroid dienone is 1. The Bertz CT molecular complexity index is 2090. The molecule has 0 aliphatic carbocycles. The highest BCUT2D eigenvalue weighted by Gasteiger charge is 2.34. The number of ether oxygens (including phenoxy) is 6. The number of rotatable bonds is 14. The normalized spacial score (nSPS) is 14.0. The fourth-order valence-corrected chi connectivity index (χ4v) is 6.59. The topological polar surface area (TPSA) is 124 Å². The minimum Gasteiger partial charge on any atom is -0.490 e. The third-order valence-corrected chi connectivity index (χ3v) is 9.06. The number of carbonyl (C=O) groups excluding carboxylic acids is 2. The lowest BCUT2D eigenvalue weighted by molar-refractivity contribution is -0.143. The van der Waals surface area contributed by atoms with Crippen molar-refractivity contribution < 1.29 is 38.0 Å². The quantitative estimate of drug-likeness (QED) is 0.154. The van der Waals surface area contributed by atoms with Crippen molar-refractivity contribution >= 4 is 45.3 Å². The Kier molecular flexibility index (Phi) is 12.1. The molecule has 3 aromatic carbocycles. The standard InChI is InChI=1S/C37H37BrN2O9S/c1-6-45-29-17-24(11-15-27(29)48-20-23-9-13-26(38)14-10-23)18-31-35(42)40-34(33(36(43)47-8-3)22(4)39-37(40)50-31)25-12-16-28(30(19-25)46-7-2)49-21-32(41)44-5/h9-19,34H,6-8,20-21H2,1-5H3/b31-18-/t34-/m1/s1. The van der Waals surface area contributed by atoms with E-state index in [1.54, 1.807) is 38.1 Å². The maximum atomic E-state index is 14.2. The van der Waals surface area contributed by atoms with Gasteiger partial charge in [0.25, 0.3) is 5.56 Å². The van der Waals surface area contributed by atoms with Crippen LogP contribution in [0.3, 0.4) is 0 Å². The lowest BCUT2D eigenvalue weighted by Crippen LogP contribution is -2.40. The lowest BCUT2D eigenvalue weighted by atomic mass is 9.95. The Morgan fingerprint density at radius 3 is 2.24 bits per heavy atom. The number of carbonyl (C=O) groups is 2. The highest BCUT2D eigenvalue weighted by Crippen LogP contribution is 2.36. The number of nitrogens with zero attached hydrogens (tertiary/aromatic N) is 2. The van der Waals surface area contributed by atoms with E-state index in [-0.39, 0.29) is 24.3 Å². The van der Waals surface area contributed by atoms with Gasteiger partial charge in [-0.15, -0.1) is 0 Å². The van der Waals surface area contributed by atoms with Crippen LogP contribution in [0.5, 0.6) is 23.0 Å². The summed E-state index contributed by atoms with van der Waals surface area (Å²) in [5.74, 6) is 0.621. The van der Waals surface area contributed by atoms with Crippen molar-refractivity contribution in [3.8, 4) is 23.0 Å². The molecule has 1 atom stereocenters. The first-order valence-corrected chi connectivity index (χ1v) is 17.6. The number of hydrogen-bond acceptors (Lipinski definition) is 11. The van der Waals surface area contributed by atoms with Crippen LogP contribution in [0.1, 0.15) is 50.4 Å². The summed E-state index contributed by atoms with van der Waals surface area (Å²) in [7, 11) is 1.27. The highest BCUT2D eigenvalue weighted by molar-refractivity contribution is 9.10. The van der Waals surface area contributed by atoms with Crippen LogP contribution in [-0.2, 0) is 25.7 Å². The van der Waals surface area contributed by atoms with E-state index >= 15 is 0 Å². The molecule has 0 N–H and O–H groups in total. The SMILES string of the molecule is CCOC(=O)C1=C(C)N=c2s/c(=C\c3ccc(OCc4ccc(Br)cc4)c(OCC)c3)c(=O)n2[C@@H]1c1ccc(OCC(=O)OC)c(OCC)c1. The van der Waals surface area contributed by atoms with Crippen molar-refractivity contribution in [1.82, 2.24) is 4.57 Å². The first kappa shape index (κ1) is 36.4. The molecule has 5 rings (SSSR count). The molecular weight excluding hydrogens is 728 g/mol. The fourth-order valence-electron chi connectivity index (χ4n) is 5.28. The minimum absolute atomic E-state index is 0.141. The van der Waals surface area contributed by atoms with Crippen molar-refractivity contribution in [2.24, 2.45) is 4.99 Å². The number of hydrogen-bond donors (Lipinski definition) is 0. The van der Waals surface area contributed by atoms with Crippen LogP contribution in [0, 0.1) is 0 Å². The molecule has 4 aromatic rings. The third-order valence-electron chi connectivity index (χ3n) is 7.55. The molecule has 262 valence electrons. The summed E-state index contributed by atoms with van der Waals surface area (Å²) in [5, 5.41) is 0. The van der Waals surface area contributed by atoms with Gasteiger partial charge in [0.05, 0.1) is 48.8 Å².